The Bertz CT molecular complexity index is 1140. The molecule has 8 heteroatoms. The minimum absolute atomic E-state index is 0.0336. The summed E-state index contributed by atoms with van der Waals surface area (Å²) in [6, 6.07) is 13.0. The summed E-state index contributed by atoms with van der Waals surface area (Å²) in [5.74, 6) is -0.662. The lowest BCUT2D eigenvalue weighted by molar-refractivity contribution is 0.102. The highest BCUT2D eigenvalue weighted by molar-refractivity contribution is 9.10. The first kappa shape index (κ1) is 21.1. The highest BCUT2D eigenvalue weighted by Crippen LogP contribution is 2.42. The number of furan rings is 1. The molecule has 3 aromatic rings. The number of rotatable bonds is 5. The average molecular weight is 486 g/mol. The fraction of sp³-hybridized carbons (Fsp3) is 0.217. The first-order valence-electron chi connectivity index (χ1n) is 9.86. The number of aryl methyl sites for hydroxylation is 1. The van der Waals surface area contributed by atoms with Crippen LogP contribution in [0.15, 0.2) is 63.7 Å². The van der Waals surface area contributed by atoms with Gasteiger partial charge in [-0.2, -0.15) is 0 Å². The van der Waals surface area contributed by atoms with Gasteiger partial charge in [0.25, 0.3) is 5.91 Å². The Kier molecular flexibility index (Phi) is 5.82. The molecule has 0 saturated heterocycles. The van der Waals surface area contributed by atoms with Crippen molar-refractivity contribution in [2.45, 2.75) is 31.7 Å². The molecule has 1 aromatic heterocycles. The number of urea groups is 1. The van der Waals surface area contributed by atoms with Gasteiger partial charge in [-0.05, 0) is 68.1 Å². The number of carbonyl (C=O) groups excluding carboxylic acids is 2. The van der Waals surface area contributed by atoms with Crippen LogP contribution >= 0.6 is 15.9 Å². The van der Waals surface area contributed by atoms with E-state index < -0.39 is 23.3 Å². The van der Waals surface area contributed by atoms with Gasteiger partial charge < -0.3 is 20.4 Å². The van der Waals surface area contributed by atoms with E-state index in [0.717, 1.165) is 29.3 Å². The standard InChI is InChI=1S/C23H21BrFN3O3/c1-14-18(8-11-31-14)21(29)27-20-13-17(6-7-19(20)25)26-22(30)28-23(9-3-10-23)15-4-2-5-16(24)12-15/h2,4-8,11-13H,3,9-10H2,1H3,(H,27,29)(H2,26,28,30). The van der Waals surface area contributed by atoms with Crippen molar-refractivity contribution >= 4 is 39.2 Å². The Labute approximate surface area is 187 Å². The van der Waals surface area contributed by atoms with Crippen LogP contribution in [0.25, 0.3) is 0 Å². The number of benzene rings is 2. The first-order chi connectivity index (χ1) is 14.9. The Morgan fingerprint density at radius 2 is 1.90 bits per heavy atom. The predicted octanol–water partition coefficient (Wildman–Crippen LogP) is 5.94. The lowest BCUT2D eigenvalue weighted by Crippen LogP contribution is -2.52. The minimum Gasteiger partial charge on any atom is -0.469 e. The molecule has 2 aromatic carbocycles. The van der Waals surface area contributed by atoms with Gasteiger partial charge >= 0.3 is 6.03 Å². The molecular weight excluding hydrogens is 465 g/mol. The van der Waals surface area contributed by atoms with Crippen molar-refractivity contribution in [3.63, 3.8) is 0 Å². The minimum atomic E-state index is -0.606. The van der Waals surface area contributed by atoms with Gasteiger partial charge in [0.15, 0.2) is 0 Å². The van der Waals surface area contributed by atoms with Gasteiger partial charge in [0.05, 0.1) is 23.1 Å². The molecule has 1 heterocycles. The van der Waals surface area contributed by atoms with Crippen LogP contribution in [-0.4, -0.2) is 11.9 Å². The molecule has 3 N–H and O–H groups in total. The Morgan fingerprint density at radius 3 is 2.55 bits per heavy atom. The van der Waals surface area contributed by atoms with E-state index in [1.807, 2.05) is 24.3 Å². The lowest BCUT2D eigenvalue weighted by Gasteiger charge is -2.43. The summed E-state index contributed by atoms with van der Waals surface area (Å²) in [5.41, 5.74) is 1.25. The van der Waals surface area contributed by atoms with Gasteiger partial charge in [-0.15, -0.1) is 0 Å². The average Bonchev–Trinajstić information content (AvgIpc) is 3.13. The zero-order valence-corrected chi connectivity index (χ0v) is 18.4. The van der Waals surface area contributed by atoms with E-state index in [1.54, 1.807) is 6.92 Å². The van der Waals surface area contributed by atoms with E-state index >= 15 is 0 Å². The van der Waals surface area contributed by atoms with Crippen LogP contribution in [-0.2, 0) is 5.54 Å². The monoisotopic (exact) mass is 485 g/mol. The van der Waals surface area contributed by atoms with E-state index in [-0.39, 0.29) is 5.69 Å². The maximum Gasteiger partial charge on any atom is 0.319 e. The number of amides is 3. The highest BCUT2D eigenvalue weighted by Gasteiger charge is 2.40. The van der Waals surface area contributed by atoms with Crippen LogP contribution in [0.5, 0.6) is 0 Å². The fourth-order valence-electron chi connectivity index (χ4n) is 3.69. The summed E-state index contributed by atoms with van der Waals surface area (Å²) >= 11 is 3.48. The number of nitrogens with one attached hydrogen (secondary N) is 3. The van der Waals surface area contributed by atoms with Crippen molar-refractivity contribution in [2.24, 2.45) is 0 Å². The van der Waals surface area contributed by atoms with Gasteiger partial charge in [0.1, 0.15) is 11.6 Å². The van der Waals surface area contributed by atoms with Crippen molar-refractivity contribution in [1.29, 1.82) is 0 Å². The van der Waals surface area contributed by atoms with Crippen LogP contribution in [0.2, 0.25) is 0 Å². The smallest absolute Gasteiger partial charge is 0.319 e. The van der Waals surface area contributed by atoms with Gasteiger partial charge in [0.2, 0.25) is 0 Å². The van der Waals surface area contributed by atoms with E-state index in [0.29, 0.717) is 17.0 Å². The zero-order valence-electron chi connectivity index (χ0n) is 16.8. The molecule has 0 bridgehead atoms. The molecule has 4 rings (SSSR count). The summed E-state index contributed by atoms with van der Waals surface area (Å²) in [7, 11) is 0. The van der Waals surface area contributed by atoms with Crippen molar-refractivity contribution in [3.05, 3.63) is 82.0 Å². The molecule has 0 spiro atoms. The summed E-state index contributed by atoms with van der Waals surface area (Å²) < 4.78 is 20.3. The largest absolute Gasteiger partial charge is 0.469 e. The topological polar surface area (TPSA) is 83.4 Å². The third kappa shape index (κ3) is 4.49. The van der Waals surface area contributed by atoms with Crippen LogP contribution in [0.3, 0.4) is 0 Å². The molecule has 160 valence electrons. The molecule has 0 radical (unpaired) electrons. The van der Waals surface area contributed by atoms with Crippen molar-refractivity contribution in [3.8, 4) is 0 Å². The number of halogens is 2. The molecule has 3 amide bonds. The lowest BCUT2D eigenvalue weighted by atomic mass is 9.72. The summed E-state index contributed by atoms with van der Waals surface area (Å²) in [5, 5.41) is 8.32. The van der Waals surface area contributed by atoms with E-state index in [4.69, 9.17) is 4.42 Å². The van der Waals surface area contributed by atoms with Crippen molar-refractivity contribution in [1.82, 2.24) is 5.32 Å². The Hall–Kier alpha value is -3.13. The molecule has 6 nitrogen and oxygen atoms in total. The second kappa shape index (κ2) is 8.55. The molecular formula is C23H21BrFN3O3. The Balaban J connectivity index is 1.47. The molecule has 0 unspecified atom stereocenters. The maximum atomic E-state index is 14.2. The van der Waals surface area contributed by atoms with Crippen LogP contribution in [0.1, 0.15) is 40.9 Å². The second-order valence-electron chi connectivity index (χ2n) is 7.56. The van der Waals surface area contributed by atoms with E-state index in [9.17, 15) is 14.0 Å². The molecule has 1 aliphatic carbocycles. The molecule has 0 atom stereocenters. The number of carbonyl (C=O) groups is 2. The van der Waals surface area contributed by atoms with Gasteiger partial charge in [-0.1, -0.05) is 28.1 Å². The molecule has 31 heavy (non-hydrogen) atoms. The molecule has 1 aliphatic rings. The zero-order chi connectivity index (χ0) is 22.0. The van der Waals surface area contributed by atoms with Crippen molar-refractivity contribution in [2.75, 3.05) is 10.6 Å². The molecule has 0 aliphatic heterocycles. The first-order valence-corrected chi connectivity index (χ1v) is 10.7. The summed E-state index contributed by atoms with van der Waals surface area (Å²) in [6.45, 7) is 1.65. The fourth-order valence-corrected chi connectivity index (χ4v) is 4.09. The molecule has 1 saturated carbocycles. The van der Waals surface area contributed by atoms with Gasteiger partial charge in [-0.3, -0.25) is 4.79 Å². The van der Waals surface area contributed by atoms with Gasteiger partial charge in [-0.25, -0.2) is 9.18 Å². The number of hydrogen-bond donors (Lipinski definition) is 3. The number of hydrogen-bond acceptors (Lipinski definition) is 3. The molecule has 1 fully saturated rings. The van der Waals surface area contributed by atoms with Gasteiger partial charge in [0, 0.05) is 10.2 Å². The summed E-state index contributed by atoms with van der Waals surface area (Å²) in [6.07, 6.45) is 4.09. The van der Waals surface area contributed by atoms with Crippen LogP contribution in [0.4, 0.5) is 20.6 Å². The number of anilines is 2. The van der Waals surface area contributed by atoms with Crippen LogP contribution in [0, 0.1) is 12.7 Å². The SMILES string of the molecule is Cc1occc1C(=O)Nc1cc(NC(=O)NC2(c3cccc(Br)c3)CCC2)ccc1F. The van der Waals surface area contributed by atoms with Crippen LogP contribution < -0.4 is 16.0 Å². The normalized spacial score (nSPS) is 14.4. The van der Waals surface area contributed by atoms with Crippen molar-refractivity contribution < 1.29 is 18.4 Å². The second-order valence-corrected chi connectivity index (χ2v) is 8.48. The Morgan fingerprint density at radius 1 is 1.10 bits per heavy atom. The highest BCUT2D eigenvalue weighted by atomic mass is 79.9. The summed E-state index contributed by atoms with van der Waals surface area (Å²) in [4.78, 5) is 25.1. The quantitative estimate of drug-likeness (QED) is 0.417. The van der Waals surface area contributed by atoms with E-state index in [2.05, 4.69) is 31.9 Å². The third-order valence-electron chi connectivity index (χ3n) is 5.51. The van der Waals surface area contributed by atoms with E-state index in [1.165, 1.54) is 30.5 Å². The maximum absolute atomic E-state index is 14.2. The predicted molar refractivity (Wildman–Crippen MR) is 120 cm³/mol. The third-order valence-corrected chi connectivity index (χ3v) is 6.01.